The van der Waals surface area contributed by atoms with E-state index in [1.54, 1.807) is 48.5 Å². The van der Waals surface area contributed by atoms with Crippen molar-refractivity contribution in [1.82, 2.24) is 0 Å². The van der Waals surface area contributed by atoms with Crippen molar-refractivity contribution in [2.24, 2.45) is 5.92 Å². The van der Waals surface area contributed by atoms with Crippen LogP contribution in [0.2, 0.25) is 0 Å². The van der Waals surface area contributed by atoms with Crippen molar-refractivity contribution in [1.29, 1.82) is 0 Å². The lowest BCUT2D eigenvalue weighted by Gasteiger charge is -2.10. The van der Waals surface area contributed by atoms with Gasteiger partial charge in [-0.05, 0) is 55.5 Å². The number of anilines is 2. The predicted octanol–water partition coefficient (Wildman–Crippen LogP) is 3.93. The van der Waals surface area contributed by atoms with E-state index in [0.29, 0.717) is 23.5 Å². The van der Waals surface area contributed by atoms with E-state index in [2.05, 4.69) is 10.6 Å². The van der Waals surface area contributed by atoms with Crippen LogP contribution in [0.4, 0.5) is 11.4 Å². The molecule has 0 spiro atoms. The first-order chi connectivity index (χ1) is 11.5. The average molecular weight is 326 g/mol. The summed E-state index contributed by atoms with van der Waals surface area (Å²) in [6.45, 7) is 6.17. The maximum absolute atomic E-state index is 12.2. The van der Waals surface area contributed by atoms with Gasteiger partial charge < -0.3 is 15.4 Å². The largest absolute Gasteiger partial charge is 0.494 e. The first kappa shape index (κ1) is 17.5. The van der Waals surface area contributed by atoms with Crippen LogP contribution in [0.5, 0.6) is 5.75 Å². The molecule has 0 radical (unpaired) electrons. The Labute approximate surface area is 142 Å². The maximum atomic E-state index is 12.2. The molecule has 0 unspecified atom stereocenters. The van der Waals surface area contributed by atoms with E-state index in [9.17, 15) is 9.59 Å². The average Bonchev–Trinajstić information content (AvgIpc) is 2.57. The second-order valence-electron chi connectivity index (χ2n) is 5.63. The molecule has 2 N–H and O–H groups in total. The molecular weight excluding hydrogens is 304 g/mol. The summed E-state index contributed by atoms with van der Waals surface area (Å²) in [7, 11) is 0. The van der Waals surface area contributed by atoms with Crippen LogP contribution in [0.3, 0.4) is 0 Å². The summed E-state index contributed by atoms with van der Waals surface area (Å²) in [4.78, 5) is 23.9. The van der Waals surface area contributed by atoms with Crippen molar-refractivity contribution >= 4 is 23.2 Å². The van der Waals surface area contributed by atoms with Crippen LogP contribution in [-0.4, -0.2) is 18.4 Å². The second-order valence-corrected chi connectivity index (χ2v) is 5.63. The van der Waals surface area contributed by atoms with E-state index in [0.717, 1.165) is 5.75 Å². The fraction of sp³-hybridized carbons (Fsp3) is 0.263. The number of benzene rings is 2. The van der Waals surface area contributed by atoms with Crippen LogP contribution in [-0.2, 0) is 4.79 Å². The highest BCUT2D eigenvalue weighted by Crippen LogP contribution is 2.17. The summed E-state index contributed by atoms with van der Waals surface area (Å²) < 4.78 is 5.35. The molecule has 0 aliphatic carbocycles. The minimum absolute atomic E-state index is 0.0406. The van der Waals surface area contributed by atoms with E-state index in [4.69, 9.17) is 4.74 Å². The number of amides is 2. The topological polar surface area (TPSA) is 67.4 Å². The van der Waals surface area contributed by atoms with Crippen LogP contribution in [0.1, 0.15) is 31.1 Å². The van der Waals surface area contributed by atoms with E-state index in [1.807, 2.05) is 20.8 Å². The molecular formula is C19H22N2O3. The first-order valence-electron chi connectivity index (χ1n) is 7.94. The summed E-state index contributed by atoms with van der Waals surface area (Å²) in [6.07, 6.45) is 0. The van der Waals surface area contributed by atoms with Crippen LogP contribution in [0.15, 0.2) is 48.5 Å². The van der Waals surface area contributed by atoms with Gasteiger partial charge >= 0.3 is 0 Å². The Morgan fingerprint density at radius 2 is 1.46 bits per heavy atom. The predicted molar refractivity (Wildman–Crippen MR) is 95.5 cm³/mol. The van der Waals surface area contributed by atoms with Gasteiger partial charge in [0.1, 0.15) is 5.75 Å². The molecule has 2 rings (SSSR count). The molecule has 2 aromatic carbocycles. The Balaban J connectivity index is 1.97. The third-order valence-electron chi connectivity index (χ3n) is 3.36. The van der Waals surface area contributed by atoms with Gasteiger partial charge in [-0.25, -0.2) is 0 Å². The molecule has 5 heteroatoms. The molecule has 2 amide bonds. The quantitative estimate of drug-likeness (QED) is 0.845. The Bertz CT molecular complexity index is 692. The van der Waals surface area contributed by atoms with E-state index >= 15 is 0 Å². The zero-order chi connectivity index (χ0) is 17.5. The second kappa shape index (κ2) is 8.15. The molecule has 0 fully saturated rings. The zero-order valence-electron chi connectivity index (χ0n) is 14.1. The Morgan fingerprint density at radius 3 is 1.96 bits per heavy atom. The summed E-state index contributed by atoms with van der Waals surface area (Å²) in [5.74, 6) is 0.418. The molecule has 0 atom stereocenters. The maximum Gasteiger partial charge on any atom is 0.255 e. The van der Waals surface area contributed by atoms with Gasteiger partial charge in [0.25, 0.3) is 5.91 Å². The monoisotopic (exact) mass is 326 g/mol. The van der Waals surface area contributed by atoms with Gasteiger partial charge in [-0.15, -0.1) is 0 Å². The van der Waals surface area contributed by atoms with E-state index in [-0.39, 0.29) is 17.7 Å². The van der Waals surface area contributed by atoms with Gasteiger partial charge in [-0.2, -0.15) is 0 Å². The number of ether oxygens (including phenoxy) is 1. The van der Waals surface area contributed by atoms with Gasteiger partial charge in [-0.1, -0.05) is 13.8 Å². The lowest BCUT2D eigenvalue weighted by molar-refractivity contribution is -0.118. The lowest BCUT2D eigenvalue weighted by atomic mass is 10.2. The number of hydrogen-bond acceptors (Lipinski definition) is 3. The van der Waals surface area contributed by atoms with Gasteiger partial charge in [0.15, 0.2) is 0 Å². The number of carbonyl (C=O) groups excluding carboxylic acids is 2. The summed E-state index contributed by atoms with van der Waals surface area (Å²) in [5, 5.41) is 5.63. The Morgan fingerprint density at radius 1 is 0.917 bits per heavy atom. The van der Waals surface area contributed by atoms with Crippen molar-refractivity contribution in [2.75, 3.05) is 17.2 Å². The highest BCUT2D eigenvalue weighted by Gasteiger charge is 2.08. The van der Waals surface area contributed by atoms with Crippen molar-refractivity contribution in [3.05, 3.63) is 54.1 Å². The van der Waals surface area contributed by atoms with Crippen LogP contribution < -0.4 is 15.4 Å². The number of rotatable bonds is 6. The molecule has 0 bridgehead atoms. The van der Waals surface area contributed by atoms with Gasteiger partial charge in [0.05, 0.1) is 6.61 Å². The van der Waals surface area contributed by atoms with Crippen molar-refractivity contribution < 1.29 is 14.3 Å². The molecule has 0 saturated carbocycles. The van der Waals surface area contributed by atoms with Gasteiger partial charge in [0, 0.05) is 22.9 Å². The normalized spacial score (nSPS) is 10.3. The number of hydrogen-bond donors (Lipinski definition) is 2. The summed E-state index contributed by atoms with van der Waals surface area (Å²) >= 11 is 0. The summed E-state index contributed by atoms with van der Waals surface area (Å²) in [6, 6.07) is 14.0. The van der Waals surface area contributed by atoms with E-state index in [1.165, 1.54) is 0 Å². The minimum atomic E-state index is -0.197. The number of carbonyl (C=O) groups is 2. The zero-order valence-corrected chi connectivity index (χ0v) is 14.1. The molecule has 0 aliphatic rings. The van der Waals surface area contributed by atoms with Crippen molar-refractivity contribution in [3.8, 4) is 5.75 Å². The van der Waals surface area contributed by atoms with Crippen LogP contribution >= 0.6 is 0 Å². The molecule has 2 aromatic rings. The highest BCUT2D eigenvalue weighted by atomic mass is 16.5. The van der Waals surface area contributed by atoms with E-state index < -0.39 is 0 Å². The molecule has 24 heavy (non-hydrogen) atoms. The van der Waals surface area contributed by atoms with Gasteiger partial charge in [0.2, 0.25) is 5.91 Å². The SMILES string of the molecule is CCOc1ccc(C(=O)Nc2ccc(NC(=O)C(C)C)cc2)cc1. The third-order valence-corrected chi connectivity index (χ3v) is 3.36. The minimum Gasteiger partial charge on any atom is -0.494 e. The standard InChI is InChI=1S/C19H22N2O3/c1-4-24-17-11-5-14(6-12-17)19(23)21-16-9-7-15(8-10-16)20-18(22)13(2)3/h5-13H,4H2,1-3H3,(H,20,22)(H,21,23). The lowest BCUT2D eigenvalue weighted by Crippen LogP contribution is -2.17. The molecule has 5 nitrogen and oxygen atoms in total. The molecule has 0 heterocycles. The van der Waals surface area contributed by atoms with Crippen LogP contribution in [0.25, 0.3) is 0 Å². The fourth-order valence-corrected chi connectivity index (χ4v) is 2.00. The molecule has 0 saturated heterocycles. The fourth-order valence-electron chi connectivity index (χ4n) is 2.00. The molecule has 0 aromatic heterocycles. The first-order valence-corrected chi connectivity index (χ1v) is 7.94. The van der Waals surface area contributed by atoms with Crippen molar-refractivity contribution in [3.63, 3.8) is 0 Å². The highest BCUT2D eigenvalue weighted by molar-refractivity contribution is 6.04. The van der Waals surface area contributed by atoms with Gasteiger partial charge in [-0.3, -0.25) is 9.59 Å². The number of nitrogens with one attached hydrogen (secondary N) is 2. The Kier molecular flexibility index (Phi) is 5.95. The summed E-state index contributed by atoms with van der Waals surface area (Å²) in [5.41, 5.74) is 1.92. The van der Waals surface area contributed by atoms with Crippen molar-refractivity contribution in [2.45, 2.75) is 20.8 Å². The van der Waals surface area contributed by atoms with Crippen LogP contribution in [0, 0.1) is 5.92 Å². The molecule has 0 aliphatic heterocycles. The smallest absolute Gasteiger partial charge is 0.255 e. The molecule has 126 valence electrons. The third kappa shape index (κ3) is 4.84. The Hall–Kier alpha value is -2.82.